The summed E-state index contributed by atoms with van der Waals surface area (Å²) >= 11 is 3.53. The van der Waals surface area contributed by atoms with E-state index in [1.165, 1.54) is 11.1 Å². The van der Waals surface area contributed by atoms with Crippen LogP contribution in [-0.2, 0) is 17.8 Å². The van der Waals surface area contributed by atoms with Gasteiger partial charge in [-0.3, -0.25) is 0 Å². The van der Waals surface area contributed by atoms with Gasteiger partial charge in [-0.15, -0.1) is 0 Å². The molecule has 1 atom stereocenters. The van der Waals surface area contributed by atoms with E-state index < -0.39 is 12.1 Å². The van der Waals surface area contributed by atoms with E-state index in [1.807, 2.05) is 6.07 Å². The average molecular weight is 356 g/mol. The molecule has 20 heavy (non-hydrogen) atoms. The van der Waals surface area contributed by atoms with Gasteiger partial charge >= 0.3 is 12.1 Å². The minimum Gasteiger partial charge on any atom is -0.475 e. The summed E-state index contributed by atoms with van der Waals surface area (Å²) in [6.45, 7) is 1.07. The Labute approximate surface area is 121 Å². The lowest BCUT2D eigenvalue weighted by Crippen LogP contribution is -2.38. The lowest BCUT2D eigenvalue weighted by molar-refractivity contribution is -0.192. The molecule has 0 spiro atoms. The van der Waals surface area contributed by atoms with Crippen molar-refractivity contribution in [2.75, 3.05) is 6.61 Å². The summed E-state index contributed by atoms with van der Waals surface area (Å²) < 4.78 is 32.9. The van der Waals surface area contributed by atoms with Gasteiger partial charge < -0.3 is 15.5 Å². The molecule has 4 nitrogen and oxygen atoms in total. The van der Waals surface area contributed by atoms with Gasteiger partial charge in [0.2, 0.25) is 0 Å². The van der Waals surface area contributed by atoms with Crippen molar-refractivity contribution in [2.45, 2.75) is 25.2 Å². The number of benzene rings is 1. The van der Waals surface area contributed by atoms with Gasteiger partial charge in [0.15, 0.2) is 0 Å². The SMILES string of the molecule is O=C(O)C(F)(F)F.OC[C@H]1Cc2c(Br)cccc2CN1. The van der Waals surface area contributed by atoms with Crippen molar-refractivity contribution in [3.8, 4) is 0 Å². The zero-order valence-electron chi connectivity index (χ0n) is 10.2. The van der Waals surface area contributed by atoms with Crippen LogP contribution in [0.2, 0.25) is 0 Å². The molecule has 0 saturated heterocycles. The quantitative estimate of drug-likeness (QED) is 0.721. The van der Waals surface area contributed by atoms with E-state index in [4.69, 9.17) is 15.0 Å². The lowest BCUT2D eigenvalue weighted by atomic mass is 9.96. The number of carboxylic acid groups (broad SMARTS) is 1. The van der Waals surface area contributed by atoms with Gasteiger partial charge in [-0.1, -0.05) is 28.1 Å². The molecule has 2 rings (SSSR count). The van der Waals surface area contributed by atoms with Gasteiger partial charge in [0.1, 0.15) is 0 Å². The van der Waals surface area contributed by atoms with E-state index >= 15 is 0 Å². The standard InChI is InChI=1S/C10H12BrNO.C2HF3O2/c11-10-3-1-2-7-5-12-8(6-13)4-9(7)10;3-2(4,5)1(6)7/h1-3,8,12-13H,4-6H2;(H,6,7)/t8-;/m1./s1. The molecule has 0 amide bonds. The third kappa shape index (κ3) is 4.77. The van der Waals surface area contributed by atoms with E-state index in [0.29, 0.717) is 0 Å². The smallest absolute Gasteiger partial charge is 0.475 e. The highest BCUT2D eigenvalue weighted by atomic mass is 79.9. The van der Waals surface area contributed by atoms with Crippen molar-refractivity contribution in [2.24, 2.45) is 0 Å². The highest BCUT2D eigenvalue weighted by Crippen LogP contribution is 2.24. The van der Waals surface area contributed by atoms with E-state index in [-0.39, 0.29) is 12.6 Å². The molecule has 0 bridgehead atoms. The molecule has 1 aliphatic heterocycles. The zero-order chi connectivity index (χ0) is 15.3. The Kier molecular flexibility index (Phi) is 5.97. The summed E-state index contributed by atoms with van der Waals surface area (Å²) in [7, 11) is 0. The van der Waals surface area contributed by atoms with Crippen molar-refractivity contribution in [3.05, 3.63) is 33.8 Å². The summed E-state index contributed by atoms with van der Waals surface area (Å²) in [6.07, 6.45) is -4.17. The van der Waals surface area contributed by atoms with E-state index in [9.17, 15) is 13.2 Å². The third-order valence-electron chi connectivity index (χ3n) is 2.71. The summed E-state index contributed by atoms with van der Waals surface area (Å²) in [4.78, 5) is 8.90. The van der Waals surface area contributed by atoms with Crippen LogP contribution >= 0.6 is 15.9 Å². The molecule has 0 aliphatic carbocycles. The Morgan fingerprint density at radius 3 is 2.55 bits per heavy atom. The van der Waals surface area contributed by atoms with Crippen molar-refractivity contribution >= 4 is 21.9 Å². The molecule has 0 fully saturated rings. The number of aliphatic hydroxyl groups is 1. The largest absolute Gasteiger partial charge is 0.490 e. The molecule has 0 radical (unpaired) electrons. The van der Waals surface area contributed by atoms with Crippen LogP contribution < -0.4 is 5.32 Å². The van der Waals surface area contributed by atoms with E-state index in [2.05, 4.69) is 33.4 Å². The molecule has 0 unspecified atom stereocenters. The maximum atomic E-state index is 10.6. The molecule has 3 N–H and O–H groups in total. The zero-order valence-corrected chi connectivity index (χ0v) is 11.8. The van der Waals surface area contributed by atoms with Crippen molar-refractivity contribution in [1.82, 2.24) is 5.32 Å². The van der Waals surface area contributed by atoms with Gasteiger partial charge in [-0.25, -0.2) is 4.79 Å². The first-order valence-electron chi connectivity index (χ1n) is 5.66. The van der Waals surface area contributed by atoms with Crippen LogP contribution in [0, 0.1) is 0 Å². The number of hydrogen-bond acceptors (Lipinski definition) is 3. The second-order valence-electron chi connectivity index (χ2n) is 4.14. The molecule has 1 aliphatic rings. The summed E-state index contributed by atoms with van der Waals surface area (Å²) in [5, 5.41) is 19.4. The average Bonchev–Trinajstić information content (AvgIpc) is 2.38. The number of aliphatic carboxylic acids is 1. The monoisotopic (exact) mass is 355 g/mol. The number of aliphatic hydroxyl groups excluding tert-OH is 1. The predicted molar refractivity (Wildman–Crippen MR) is 69.3 cm³/mol. The van der Waals surface area contributed by atoms with Crippen LogP contribution in [0.4, 0.5) is 13.2 Å². The lowest BCUT2D eigenvalue weighted by Gasteiger charge is -2.25. The minimum atomic E-state index is -5.08. The highest BCUT2D eigenvalue weighted by Gasteiger charge is 2.38. The number of carbonyl (C=O) groups is 1. The van der Waals surface area contributed by atoms with Crippen LogP contribution in [0.3, 0.4) is 0 Å². The Morgan fingerprint density at radius 1 is 1.45 bits per heavy atom. The van der Waals surface area contributed by atoms with Gasteiger partial charge in [0.05, 0.1) is 6.61 Å². The van der Waals surface area contributed by atoms with Gasteiger partial charge in [0, 0.05) is 17.1 Å². The fourth-order valence-corrected chi connectivity index (χ4v) is 2.27. The number of nitrogens with one attached hydrogen (secondary N) is 1. The maximum Gasteiger partial charge on any atom is 0.490 e. The van der Waals surface area contributed by atoms with Gasteiger partial charge in [-0.05, 0) is 23.6 Å². The van der Waals surface area contributed by atoms with Crippen LogP contribution in [-0.4, -0.2) is 35.0 Å². The number of rotatable bonds is 1. The maximum absolute atomic E-state index is 10.6. The summed E-state index contributed by atoms with van der Waals surface area (Å²) in [6, 6.07) is 6.44. The Bertz CT molecular complexity index is 480. The molecule has 1 heterocycles. The number of hydrogen-bond donors (Lipinski definition) is 3. The van der Waals surface area contributed by atoms with Crippen LogP contribution in [0.25, 0.3) is 0 Å². The number of fused-ring (bicyclic) bond motifs is 1. The fourth-order valence-electron chi connectivity index (χ4n) is 1.70. The number of carboxylic acids is 1. The number of halogens is 4. The fraction of sp³-hybridized carbons (Fsp3) is 0.417. The highest BCUT2D eigenvalue weighted by molar-refractivity contribution is 9.10. The molecule has 112 valence electrons. The first-order valence-corrected chi connectivity index (χ1v) is 6.45. The van der Waals surface area contributed by atoms with Gasteiger partial charge in [-0.2, -0.15) is 13.2 Å². The summed E-state index contributed by atoms with van der Waals surface area (Å²) in [5.41, 5.74) is 2.67. The molecular formula is C12H13BrF3NO3. The van der Waals surface area contributed by atoms with Crippen LogP contribution in [0.5, 0.6) is 0 Å². The Hall–Kier alpha value is -1.12. The van der Waals surface area contributed by atoms with Crippen molar-refractivity contribution in [1.29, 1.82) is 0 Å². The van der Waals surface area contributed by atoms with Crippen LogP contribution in [0.1, 0.15) is 11.1 Å². The molecule has 1 aromatic rings. The molecule has 0 saturated carbocycles. The first-order chi connectivity index (χ1) is 9.25. The minimum absolute atomic E-state index is 0.209. The van der Waals surface area contributed by atoms with Crippen LogP contribution in [0.15, 0.2) is 22.7 Å². The predicted octanol–water partition coefficient (Wildman–Crippen LogP) is 2.09. The number of alkyl halides is 3. The molecule has 0 aromatic heterocycles. The second kappa shape index (κ2) is 7.05. The first kappa shape index (κ1) is 16.9. The van der Waals surface area contributed by atoms with Crippen molar-refractivity contribution in [3.63, 3.8) is 0 Å². The molecule has 1 aromatic carbocycles. The van der Waals surface area contributed by atoms with Crippen molar-refractivity contribution < 1.29 is 28.2 Å². The van der Waals surface area contributed by atoms with Gasteiger partial charge in [0.25, 0.3) is 0 Å². The Balaban J connectivity index is 0.000000246. The third-order valence-corrected chi connectivity index (χ3v) is 3.45. The topological polar surface area (TPSA) is 69.6 Å². The molecular weight excluding hydrogens is 343 g/mol. The Morgan fingerprint density at radius 2 is 2.05 bits per heavy atom. The normalized spacial score (nSPS) is 17.8. The van der Waals surface area contributed by atoms with E-state index in [1.54, 1.807) is 0 Å². The van der Waals surface area contributed by atoms with E-state index in [0.717, 1.165) is 17.4 Å². The molecule has 8 heteroatoms. The summed E-state index contributed by atoms with van der Waals surface area (Å²) in [5.74, 6) is -2.76. The second-order valence-corrected chi connectivity index (χ2v) is 5.00.